The minimum absolute atomic E-state index is 0.00750. The Kier molecular flexibility index (Phi) is 12.9. The molecular weight excluding hydrogens is 684 g/mol. The molecule has 47 heavy (non-hydrogen) atoms. The first-order valence-electron chi connectivity index (χ1n) is 15.2. The van der Waals surface area contributed by atoms with Crippen LogP contribution in [0.15, 0.2) is 20.8 Å². The molecule has 2 heterocycles. The molecule has 2 amide bonds. The van der Waals surface area contributed by atoms with Gasteiger partial charge in [-0.3, -0.25) is 23.9 Å². The van der Waals surface area contributed by atoms with Crippen molar-refractivity contribution in [3.63, 3.8) is 0 Å². The van der Waals surface area contributed by atoms with Crippen LogP contribution in [0, 0.1) is 11.8 Å². The van der Waals surface area contributed by atoms with Crippen molar-refractivity contribution < 1.29 is 43.6 Å². The Morgan fingerprint density at radius 1 is 1.00 bits per heavy atom. The van der Waals surface area contributed by atoms with Crippen LogP contribution in [-0.2, 0) is 23.8 Å². The highest BCUT2D eigenvalue weighted by atomic mass is 79.9. The number of nitrogens with zero attached hydrogens (tertiary/aromatic N) is 1. The summed E-state index contributed by atoms with van der Waals surface area (Å²) in [6, 6.07) is -2.75. The molecule has 0 aliphatic carbocycles. The molecule has 1 aromatic heterocycles. The van der Waals surface area contributed by atoms with Gasteiger partial charge in [-0.15, -0.1) is 0 Å². The van der Waals surface area contributed by atoms with Crippen molar-refractivity contribution in [1.29, 1.82) is 0 Å². The number of aromatic nitrogens is 2. The van der Waals surface area contributed by atoms with Gasteiger partial charge in [0, 0.05) is 12.6 Å². The average Bonchev–Trinajstić information content (AvgIpc) is 3.26. The summed E-state index contributed by atoms with van der Waals surface area (Å²) in [4.78, 5) is 81.9. The minimum atomic E-state index is -2.68. The summed E-state index contributed by atoms with van der Waals surface area (Å²) in [5.41, 5.74) is -6.18. The number of ketones is 2. The second-order valence-corrected chi connectivity index (χ2v) is 14.7. The molecule has 1 unspecified atom stereocenters. The number of Topliss-reactive ketones (excluding diaryl/α,β-unsaturated/α-hetero) is 2. The fraction of sp³-hybridized carbons (Fsp3) is 0.677. The van der Waals surface area contributed by atoms with Gasteiger partial charge in [-0.1, -0.05) is 43.6 Å². The quantitative estimate of drug-likeness (QED) is 0.223. The van der Waals surface area contributed by atoms with Gasteiger partial charge in [0.05, 0.1) is 17.6 Å². The molecule has 2 rings (SSSR count). The van der Waals surface area contributed by atoms with Gasteiger partial charge in [0.15, 0.2) is 17.2 Å². The van der Waals surface area contributed by atoms with E-state index in [1.54, 1.807) is 69.2 Å². The first kappa shape index (κ1) is 39.8. The first-order valence-corrected chi connectivity index (χ1v) is 16.1. The van der Waals surface area contributed by atoms with Gasteiger partial charge >= 0.3 is 17.9 Å². The molecule has 15 nitrogen and oxygen atoms in total. The molecule has 1 aromatic rings. The van der Waals surface area contributed by atoms with Crippen molar-refractivity contribution >= 4 is 45.8 Å². The summed E-state index contributed by atoms with van der Waals surface area (Å²) < 4.78 is 17.4. The highest BCUT2D eigenvalue weighted by molar-refractivity contribution is 9.11. The van der Waals surface area contributed by atoms with Gasteiger partial charge in [-0.05, 0) is 64.4 Å². The SMILES string of the molecule is CC(C)[C@H](NC(=O)OC(C)(C)C)C(=O)C(O)[C@H]1O[C@@H](n2cc(/C=C/Br)c(=O)[nH]c2=O)C[C@@]1(O)C(=O)[C@@H](NC(=O)OC(C)(C)C)C(C)C. The lowest BCUT2D eigenvalue weighted by Crippen LogP contribution is -2.62. The number of hydrogen-bond acceptors (Lipinski definition) is 11. The van der Waals surface area contributed by atoms with Crippen LogP contribution in [0.25, 0.3) is 6.08 Å². The molecule has 264 valence electrons. The molecule has 0 bridgehead atoms. The fourth-order valence-corrected chi connectivity index (χ4v) is 5.21. The molecule has 0 saturated carbocycles. The van der Waals surface area contributed by atoms with Crippen LogP contribution in [0.5, 0.6) is 0 Å². The standard InChI is InChI=1S/C31H47BrN4O11/c1-15(2)19(33-27(42)46-29(5,6)7)21(37)22(38)24-31(44,23(39)20(16(3)4)34-28(43)47-30(8,9)10)13-18(45-24)36-14-17(11-12-32)25(40)35-26(36)41/h11-12,14-16,18-20,22,24,38,44H,13H2,1-10H3,(H,33,42)(H,34,43)(H,35,40,41)/b12-11+/t18-,19+,20+,22?,24-,31-/m1/s1. The van der Waals surface area contributed by atoms with E-state index >= 15 is 0 Å². The van der Waals surface area contributed by atoms with E-state index in [9.17, 15) is 39.0 Å². The maximum absolute atomic E-state index is 14.2. The first-order chi connectivity index (χ1) is 21.4. The van der Waals surface area contributed by atoms with Crippen molar-refractivity contribution in [2.75, 3.05) is 0 Å². The summed E-state index contributed by atoms with van der Waals surface area (Å²) in [5, 5.41) is 28.5. The smallest absolute Gasteiger partial charge is 0.408 e. The van der Waals surface area contributed by atoms with E-state index in [2.05, 4.69) is 31.5 Å². The molecule has 0 radical (unpaired) electrons. The number of nitrogens with one attached hydrogen (secondary N) is 3. The van der Waals surface area contributed by atoms with Crippen molar-refractivity contribution in [2.45, 2.75) is 123 Å². The number of hydrogen-bond donors (Lipinski definition) is 5. The number of rotatable bonds is 11. The lowest BCUT2D eigenvalue weighted by Gasteiger charge is -2.35. The molecular formula is C31H47BrN4O11. The van der Waals surface area contributed by atoms with E-state index < -0.39 is 101 Å². The predicted octanol–water partition coefficient (Wildman–Crippen LogP) is 2.52. The lowest BCUT2D eigenvalue weighted by molar-refractivity contribution is -0.164. The van der Waals surface area contributed by atoms with E-state index in [0.717, 1.165) is 10.8 Å². The summed E-state index contributed by atoms with van der Waals surface area (Å²) in [7, 11) is 0. The second kappa shape index (κ2) is 15.3. The molecule has 0 spiro atoms. The van der Waals surface area contributed by atoms with Gasteiger partial charge < -0.3 is 35.1 Å². The third-order valence-electron chi connectivity index (χ3n) is 7.08. The van der Waals surface area contributed by atoms with E-state index in [-0.39, 0.29) is 5.56 Å². The van der Waals surface area contributed by atoms with Gasteiger partial charge in [0.25, 0.3) is 5.56 Å². The number of amides is 2. The molecule has 1 aliphatic rings. The number of aromatic amines is 1. The van der Waals surface area contributed by atoms with Gasteiger partial charge in [0.1, 0.15) is 29.6 Å². The Balaban J connectivity index is 2.64. The number of alkyl carbamates (subject to hydrolysis) is 2. The van der Waals surface area contributed by atoms with Crippen LogP contribution in [-0.4, -0.2) is 84.6 Å². The van der Waals surface area contributed by atoms with Gasteiger partial charge in [-0.2, -0.15) is 0 Å². The lowest BCUT2D eigenvalue weighted by atomic mass is 9.79. The number of halogens is 1. The molecule has 1 aliphatic heterocycles. The normalized spacial score (nSPS) is 22.2. The van der Waals surface area contributed by atoms with Gasteiger partial charge in [0.2, 0.25) is 0 Å². The van der Waals surface area contributed by atoms with E-state index in [4.69, 9.17) is 14.2 Å². The third kappa shape index (κ3) is 10.3. The fourth-order valence-electron chi connectivity index (χ4n) is 4.93. The van der Waals surface area contributed by atoms with Crippen molar-refractivity contribution in [3.05, 3.63) is 37.6 Å². The van der Waals surface area contributed by atoms with E-state index in [0.29, 0.717) is 0 Å². The van der Waals surface area contributed by atoms with Crippen LogP contribution in [0.4, 0.5) is 9.59 Å². The predicted molar refractivity (Wildman–Crippen MR) is 175 cm³/mol. The zero-order valence-electron chi connectivity index (χ0n) is 28.4. The Labute approximate surface area is 281 Å². The largest absolute Gasteiger partial charge is 0.444 e. The molecule has 16 heteroatoms. The number of aliphatic hydroxyl groups is 2. The van der Waals surface area contributed by atoms with E-state index in [1.807, 2.05) is 0 Å². The Morgan fingerprint density at radius 3 is 1.94 bits per heavy atom. The third-order valence-corrected chi connectivity index (χ3v) is 7.34. The number of carbonyl (C=O) groups excluding carboxylic acids is 4. The zero-order valence-corrected chi connectivity index (χ0v) is 30.0. The van der Waals surface area contributed by atoms with Crippen LogP contribution >= 0.6 is 15.9 Å². The van der Waals surface area contributed by atoms with Crippen LogP contribution in [0.1, 0.15) is 87.4 Å². The summed E-state index contributed by atoms with van der Waals surface area (Å²) in [6.07, 6.45) is -5.81. The monoisotopic (exact) mass is 730 g/mol. The Bertz CT molecular complexity index is 1470. The number of carbonyl (C=O) groups is 4. The van der Waals surface area contributed by atoms with Gasteiger partial charge in [-0.25, -0.2) is 14.4 Å². The number of aliphatic hydroxyl groups excluding tert-OH is 1. The summed E-state index contributed by atoms with van der Waals surface area (Å²) >= 11 is 3.06. The zero-order chi connectivity index (χ0) is 36.2. The highest BCUT2D eigenvalue weighted by Gasteiger charge is 2.60. The maximum atomic E-state index is 14.2. The molecule has 5 N–H and O–H groups in total. The average molecular weight is 732 g/mol. The van der Waals surface area contributed by atoms with Crippen LogP contribution in [0.2, 0.25) is 0 Å². The minimum Gasteiger partial charge on any atom is -0.444 e. The van der Waals surface area contributed by atoms with Crippen LogP contribution in [0.3, 0.4) is 0 Å². The van der Waals surface area contributed by atoms with Crippen molar-refractivity contribution in [3.8, 4) is 0 Å². The number of ether oxygens (including phenoxy) is 3. The number of H-pyrrole nitrogens is 1. The summed E-state index contributed by atoms with van der Waals surface area (Å²) in [5.74, 6) is -3.27. The Morgan fingerprint density at radius 2 is 1.49 bits per heavy atom. The molecule has 1 fully saturated rings. The highest BCUT2D eigenvalue weighted by Crippen LogP contribution is 2.40. The van der Waals surface area contributed by atoms with Crippen LogP contribution < -0.4 is 21.9 Å². The van der Waals surface area contributed by atoms with E-state index in [1.165, 1.54) is 11.1 Å². The Hall–Kier alpha value is -3.34. The topological polar surface area (TPSA) is 215 Å². The summed E-state index contributed by atoms with van der Waals surface area (Å²) in [6.45, 7) is 16.1. The second-order valence-electron chi connectivity index (χ2n) is 14.1. The maximum Gasteiger partial charge on any atom is 0.408 e. The molecule has 0 aromatic carbocycles. The van der Waals surface area contributed by atoms with Crippen molar-refractivity contribution in [2.24, 2.45) is 11.8 Å². The van der Waals surface area contributed by atoms with Crippen molar-refractivity contribution in [1.82, 2.24) is 20.2 Å². The molecule has 1 saturated heterocycles. The molecule has 6 atom stereocenters.